The van der Waals surface area contributed by atoms with Gasteiger partial charge in [0.05, 0.1) is 14.4 Å². The summed E-state index contributed by atoms with van der Waals surface area (Å²) in [5.41, 5.74) is 0. The number of phosphoric ester groups is 1. The van der Waals surface area contributed by atoms with Gasteiger partial charge < -0.3 is 18.9 Å². The molecular weight excluding hydrogens is 333 g/mol. The van der Waals surface area contributed by atoms with E-state index in [-0.39, 0.29) is 65.7 Å². The molecule has 23 heavy (non-hydrogen) atoms. The molecule has 0 fully saturated rings. The van der Waals surface area contributed by atoms with Crippen LogP contribution in [0.25, 0.3) is 0 Å². The largest absolute Gasteiger partial charge is 1.00 e. The van der Waals surface area contributed by atoms with E-state index in [1.165, 1.54) is 70.6 Å². The van der Waals surface area contributed by atoms with Crippen LogP contribution in [0, 0.1) is 0 Å². The third-order valence-corrected chi connectivity index (χ3v) is 4.25. The predicted molar refractivity (Wildman–Crippen MR) is 83.9 cm³/mol. The Bertz CT molecular complexity index is 262. The van der Waals surface area contributed by atoms with Crippen LogP contribution in [-0.2, 0) is 9.09 Å². The molecule has 0 atom stereocenters. The van der Waals surface area contributed by atoms with Crippen molar-refractivity contribution in [3.8, 4) is 0 Å². The molecule has 0 aliphatic heterocycles. The van der Waals surface area contributed by atoms with Crippen molar-refractivity contribution in [3.63, 3.8) is 0 Å². The van der Waals surface area contributed by atoms with Gasteiger partial charge in [-0.2, -0.15) is 0 Å². The smallest absolute Gasteiger partial charge is 0.790 e. The molecule has 0 aromatic heterocycles. The third kappa shape index (κ3) is 29.1. The quantitative estimate of drug-likeness (QED) is 0.186. The van der Waals surface area contributed by atoms with Gasteiger partial charge in [0.15, 0.2) is 0 Å². The van der Waals surface area contributed by atoms with Gasteiger partial charge in [-0.25, -0.2) is 0 Å². The zero-order valence-electron chi connectivity index (χ0n) is 15.7. The molecule has 0 aliphatic rings. The summed E-state index contributed by atoms with van der Waals surface area (Å²) in [5.74, 6) is 0. The van der Waals surface area contributed by atoms with E-state index in [0.717, 1.165) is 12.8 Å². The Morgan fingerprint density at radius 3 is 1.26 bits per heavy atom. The van der Waals surface area contributed by atoms with Gasteiger partial charge in [0.25, 0.3) is 0 Å². The molecule has 0 spiro atoms. The van der Waals surface area contributed by atoms with Gasteiger partial charge in [-0.15, -0.1) is 0 Å². The summed E-state index contributed by atoms with van der Waals surface area (Å²) in [7, 11) is -4.75. The maximum atomic E-state index is 10.2. The van der Waals surface area contributed by atoms with Crippen molar-refractivity contribution >= 4 is 7.82 Å². The number of hydrogen-bond donors (Lipinski definition) is 0. The Hall–Kier alpha value is 2.11. The molecule has 7 heteroatoms. The summed E-state index contributed by atoms with van der Waals surface area (Å²) in [4.78, 5) is 20.4. The van der Waals surface area contributed by atoms with Crippen LogP contribution >= 0.6 is 7.82 Å². The molecule has 0 aliphatic carbocycles. The minimum absolute atomic E-state index is 0. The molecule has 0 aromatic rings. The Balaban J connectivity index is -0.00000200. The monoisotopic (exact) mass is 366 g/mol. The van der Waals surface area contributed by atoms with Crippen molar-refractivity contribution in [2.24, 2.45) is 0 Å². The van der Waals surface area contributed by atoms with E-state index in [1.807, 2.05) is 0 Å². The SMILES string of the molecule is CCCCCCCCCCCCCCCCOP(=O)([O-])[O-].[Na+].[Na+]. The molecule has 0 aromatic carbocycles. The molecule has 0 saturated carbocycles. The molecule has 0 heterocycles. The average Bonchev–Trinajstić information content (AvgIpc) is 2.42. The van der Waals surface area contributed by atoms with Gasteiger partial charge in [-0.05, 0) is 6.42 Å². The fourth-order valence-electron chi connectivity index (χ4n) is 2.47. The first-order valence-corrected chi connectivity index (χ1v) is 10.2. The van der Waals surface area contributed by atoms with E-state index in [1.54, 1.807) is 0 Å². The van der Waals surface area contributed by atoms with Crippen molar-refractivity contribution in [1.82, 2.24) is 0 Å². The summed E-state index contributed by atoms with van der Waals surface area (Å²) in [5, 5.41) is 0. The molecule has 0 N–H and O–H groups in total. The standard InChI is InChI=1S/C16H35O4P.2Na/c1-2-3-4-5-6-7-8-9-10-11-12-13-14-15-16-20-21(17,18)19;;/h2-16H2,1H3,(H2,17,18,19);;/q;2*+1/p-2. The van der Waals surface area contributed by atoms with E-state index in [0.29, 0.717) is 6.42 Å². The summed E-state index contributed by atoms with van der Waals surface area (Å²) in [6, 6.07) is 0. The first-order valence-electron chi connectivity index (χ1n) is 8.73. The Morgan fingerprint density at radius 1 is 0.652 bits per heavy atom. The van der Waals surface area contributed by atoms with E-state index in [4.69, 9.17) is 0 Å². The van der Waals surface area contributed by atoms with Crippen LogP contribution in [0.3, 0.4) is 0 Å². The second-order valence-electron chi connectivity index (χ2n) is 5.88. The number of unbranched alkanes of at least 4 members (excludes halogenated alkanes) is 13. The van der Waals surface area contributed by atoms with Crippen LogP contribution in [0.5, 0.6) is 0 Å². The molecule has 4 nitrogen and oxygen atoms in total. The first-order chi connectivity index (χ1) is 10.1. The van der Waals surface area contributed by atoms with Crippen LogP contribution < -0.4 is 68.9 Å². The van der Waals surface area contributed by atoms with Crippen LogP contribution in [0.15, 0.2) is 0 Å². The van der Waals surface area contributed by atoms with Crippen molar-refractivity contribution in [2.45, 2.75) is 96.8 Å². The number of rotatable bonds is 16. The van der Waals surface area contributed by atoms with Crippen LogP contribution in [0.1, 0.15) is 96.8 Å². The van der Waals surface area contributed by atoms with Gasteiger partial charge in [0, 0.05) is 0 Å². The summed E-state index contributed by atoms with van der Waals surface area (Å²) < 4.78 is 14.4. The molecular formula is C16H33Na2O4P. The van der Waals surface area contributed by atoms with Crippen molar-refractivity contribution in [2.75, 3.05) is 6.61 Å². The van der Waals surface area contributed by atoms with E-state index in [2.05, 4.69) is 11.4 Å². The Labute approximate surface area is 187 Å². The van der Waals surface area contributed by atoms with Crippen LogP contribution in [0.4, 0.5) is 0 Å². The Morgan fingerprint density at radius 2 is 0.957 bits per heavy atom. The van der Waals surface area contributed by atoms with Crippen molar-refractivity contribution < 1.29 is 78.0 Å². The molecule has 0 unspecified atom stereocenters. The van der Waals surface area contributed by atoms with Crippen molar-refractivity contribution in [3.05, 3.63) is 0 Å². The maximum Gasteiger partial charge on any atom is 1.00 e. The van der Waals surface area contributed by atoms with Crippen LogP contribution in [-0.4, -0.2) is 6.61 Å². The maximum absolute atomic E-state index is 10.2. The predicted octanol–water partition coefficient (Wildman–Crippen LogP) is -1.68. The van der Waals surface area contributed by atoms with Gasteiger partial charge in [0.2, 0.25) is 0 Å². The first kappa shape index (κ1) is 29.9. The van der Waals surface area contributed by atoms with E-state index >= 15 is 0 Å². The van der Waals surface area contributed by atoms with Crippen LogP contribution in [0.2, 0.25) is 0 Å². The fourth-order valence-corrected chi connectivity index (χ4v) is 2.83. The van der Waals surface area contributed by atoms with Gasteiger partial charge in [-0.3, -0.25) is 0 Å². The zero-order valence-corrected chi connectivity index (χ0v) is 20.6. The normalized spacial score (nSPS) is 10.9. The molecule has 0 radical (unpaired) electrons. The van der Waals surface area contributed by atoms with Gasteiger partial charge in [-0.1, -0.05) is 90.4 Å². The van der Waals surface area contributed by atoms with Crippen molar-refractivity contribution in [1.29, 1.82) is 0 Å². The van der Waals surface area contributed by atoms with Gasteiger partial charge in [0.1, 0.15) is 0 Å². The summed E-state index contributed by atoms with van der Waals surface area (Å²) >= 11 is 0. The van der Waals surface area contributed by atoms with E-state index in [9.17, 15) is 14.4 Å². The zero-order chi connectivity index (χ0) is 15.8. The fraction of sp³-hybridized carbons (Fsp3) is 1.00. The number of phosphoric acid groups is 1. The summed E-state index contributed by atoms with van der Waals surface area (Å²) in [6.45, 7) is 2.29. The second-order valence-corrected chi connectivity index (χ2v) is 7.03. The second kappa shape index (κ2) is 22.2. The molecule has 0 saturated heterocycles. The van der Waals surface area contributed by atoms with E-state index < -0.39 is 7.82 Å². The minimum Gasteiger partial charge on any atom is -0.790 e. The molecule has 0 rings (SSSR count). The number of hydrogen-bond acceptors (Lipinski definition) is 4. The molecule has 0 amide bonds. The minimum atomic E-state index is -4.75. The topological polar surface area (TPSA) is 72.4 Å². The molecule has 128 valence electrons. The summed E-state index contributed by atoms with van der Waals surface area (Å²) in [6.07, 6.45) is 17.4. The molecule has 0 bridgehead atoms. The van der Waals surface area contributed by atoms with Gasteiger partial charge >= 0.3 is 59.1 Å². The third-order valence-electron chi connectivity index (χ3n) is 3.75. The Kier molecular flexibility index (Phi) is 28.8. The average molecular weight is 366 g/mol.